The highest BCUT2D eigenvalue weighted by Crippen LogP contribution is 2.35. The summed E-state index contributed by atoms with van der Waals surface area (Å²) in [5, 5.41) is 5.13. The van der Waals surface area contributed by atoms with Gasteiger partial charge in [-0.2, -0.15) is 0 Å². The largest absolute Gasteiger partial charge is 0.484 e. The molecule has 0 aliphatic rings. The molecule has 0 fully saturated rings. The van der Waals surface area contributed by atoms with E-state index in [0.717, 1.165) is 28.0 Å². The molecule has 0 spiro atoms. The van der Waals surface area contributed by atoms with Crippen molar-refractivity contribution in [1.29, 1.82) is 0 Å². The molecule has 3 aromatic rings. The van der Waals surface area contributed by atoms with Gasteiger partial charge in [0.2, 0.25) is 0 Å². The number of rotatable bonds is 5. The van der Waals surface area contributed by atoms with Gasteiger partial charge in [0.1, 0.15) is 11.4 Å². The Bertz CT molecular complexity index is 909. The predicted molar refractivity (Wildman–Crippen MR) is 105 cm³/mol. The third-order valence-electron chi connectivity index (χ3n) is 3.94. The molecule has 0 amide bonds. The molecule has 2 aromatic carbocycles. The minimum Gasteiger partial charge on any atom is -0.484 e. The van der Waals surface area contributed by atoms with E-state index in [1.807, 2.05) is 63.2 Å². The third kappa shape index (κ3) is 4.03. The van der Waals surface area contributed by atoms with Crippen LogP contribution in [0, 0.1) is 6.92 Å². The number of aromatic nitrogens is 1. The number of ether oxygens (including phenoxy) is 1. The molecule has 3 N–H and O–H groups in total. The van der Waals surface area contributed by atoms with E-state index in [2.05, 4.69) is 10.3 Å². The second kappa shape index (κ2) is 6.90. The van der Waals surface area contributed by atoms with Gasteiger partial charge in [-0.3, -0.25) is 4.98 Å². The Labute approximate surface area is 153 Å². The molecule has 4 nitrogen and oxygen atoms in total. The first-order valence-electron chi connectivity index (χ1n) is 8.20. The SMILES string of the molecule is Cc1cc(Nc2ccc(Cl)cc2OC(C)(C)CN)c2ccccc2n1. The monoisotopic (exact) mass is 355 g/mol. The summed E-state index contributed by atoms with van der Waals surface area (Å²) in [5.41, 5.74) is 9.01. The van der Waals surface area contributed by atoms with E-state index in [1.54, 1.807) is 6.07 Å². The number of nitrogens with zero attached hydrogens (tertiary/aromatic N) is 1. The summed E-state index contributed by atoms with van der Waals surface area (Å²) in [6.45, 7) is 6.28. The first kappa shape index (κ1) is 17.5. The zero-order valence-corrected chi connectivity index (χ0v) is 15.4. The van der Waals surface area contributed by atoms with Gasteiger partial charge in [-0.25, -0.2) is 0 Å². The molecule has 0 aliphatic heterocycles. The molecule has 0 unspecified atom stereocenters. The van der Waals surface area contributed by atoms with Gasteiger partial charge >= 0.3 is 0 Å². The lowest BCUT2D eigenvalue weighted by molar-refractivity contribution is 0.120. The number of nitrogens with two attached hydrogens (primary N) is 1. The zero-order chi connectivity index (χ0) is 18.0. The third-order valence-corrected chi connectivity index (χ3v) is 4.17. The van der Waals surface area contributed by atoms with Crippen LogP contribution in [0.5, 0.6) is 5.75 Å². The van der Waals surface area contributed by atoms with Gasteiger partial charge in [0.05, 0.1) is 11.2 Å². The standard InChI is InChI=1S/C20H22ClN3O/c1-13-10-18(15-6-4-5-7-16(15)23-13)24-17-9-8-14(21)11-19(17)25-20(2,3)12-22/h4-11H,12,22H2,1-3H3,(H,23,24). The summed E-state index contributed by atoms with van der Waals surface area (Å²) < 4.78 is 6.09. The van der Waals surface area contributed by atoms with Crippen LogP contribution in [0.3, 0.4) is 0 Å². The Morgan fingerprint density at radius 1 is 1.12 bits per heavy atom. The van der Waals surface area contributed by atoms with Crippen LogP contribution in [0.1, 0.15) is 19.5 Å². The van der Waals surface area contributed by atoms with Crippen molar-refractivity contribution in [1.82, 2.24) is 4.98 Å². The fraction of sp³-hybridized carbons (Fsp3) is 0.250. The normalized spacial score (nSPS) is 11.6. The average molecular weight is 356 g/mol. The maximum Gasteiger partial charge on any atom is 0.145 e. The lowest BCUT2D eigenvalue weighted by atomic mass is 10.1. The number of para-hydroxylation sites is 1. The smallest absolute Gasteiger partial charge is 0.145 e. The van der Waals surface area contributed by atoms with Gasteiger partial charge in [0.25, 0.3) is 0 Å². The Morgan fingerprint density at radius 3 is 2.64 bits per heavy atom. The van der Waals surface area contributed by atoms with Gasteiger partial charge in [-0.05, 0) is 45.0 Å². The van der Waals surface area contributed by atoms with Crippen LogP contribution in [0.2, 0.25) is 5.02 Å². The van der Waals surface area contributed by atoms with Crippen molar-refractivity contribution in [2.75, 3.05) is 11.9 Å². The molecule has 0 saturated heterocycles. The van der Waals surface area contributed by atoms with Crippen LogP contribution >= 0.6 is 11.6 Å². The molecule has 0 atom stereocenters. The number of nitrogens with one attached hydrogen (secondary N) is 1. The van der Waals surface area contributed by atoms with E-state index in [1.165, 1.54) is 0 Å². The maximum absolute atomic E-state index is 6.16. The van der Waals surface area contributed by atoms with Crippen LogP contribution < -0.4 is 15.8 Å². The lowest BCUT2D eigenvalue weighted by Crippen LogP contribution is -2.37. The first-order chi connectivity index (χ1) is 11.9. The molecule has 25 heavy (non-hydrogen) atoms. The van der Waals surface area contributed by atoms with Crippen LogP contribution in [-0.4, -0.2) is 17.1 Å². The molecule has 1 heterocycles. The van der Waals surface area contributed by atoms with E-state index in [0.29, 0.717) is 17.3 Å². The van der Waals surface area contributed by atoms with Crippen molar-refractivity contribution in [3.63, 3.8) is 0 Å². The number of fused-ring (bicyclic) bond motifs is 1. The minimum atomic E-state index is -0.489. The van der Waals surface area contributed by atoms with Crippen molar-refractivity contribution in [3.05, 3.63) is 59.2 Å². The van der Waals surface area contributed by atoms with Crippen LogP contribution in [0.15, 0.2) is 48.5 Å². The minimum absolute atomic E-state index is 0.399. The van der Waals surface area contributed by atoms with Crippen LogP contribution in [-0.2, 0) is 0 Å². The van der Waals surface area contributed by atoms with Crippen molar-refractivity contribution >= 4 is 33.9 Å². The number of benzene rings is 2. The fourth-order valence-electron chi connectivity index (χ4n) is 2.58. The molecule has 130 valence electrons. The van der Waals surface area contributed by atoms with Crippen molar-refractivity contribution in [2.45, 2.75) is 26.4 Å². The Hall–Kier alpha value is -2.30. The van der Waals surface area contributed by atoms with Gasteiger partial charge < -0.3 is 15.8 Å². The summed E-state index contributed by atoms with van der Waals surface area (Å²) in [4.78, 5) is 4.58. The van der Waals surface area contributed by atoms with Gasteiger partial charge in [-0.15, -0.1) is 0 Å². The number of hydrogen-bond acceptors (Lipinski definition) is 4. The number of aryl methyl sites for hydroxylation is 1. The van der Waals surface area contributed by atoms with Crippen molar-refractivity contribution in [2.24, 2.45) is 5.73 Å². The number of pyridine rings is 1. The van der Waals surface area contributed by atoms with Crippen LogP contribution in [0.4, 0.5) is 11.4 Å². The second-order valence-electron chi connectivity index (χ2n) is 6.66. The summed E-state index contributed by atoms with van der Waals surface area (Å²) in [6.07, 6.45) is 0. The van der Waals surface area contributed by atoms with Gasteiger partial charge in [-0.1, -0.05) is 29.8 Å². The number of anilines is 2. The Balaban J connectivity index is 2.04. The molecular weight excluding hydrogens is 334 g/mol. The predicted octanol–water partition coefficient (Wildman–Crippen LogP) is 5.06. The molecule has 0 saturated carbocycles. The van der Waals surface area contributed by atoms with Gasteiger partial charge in [0, 0.05) is 34.4 Å². The van der Waals surface area contributed by atoms with Crippen LogP contribution in [0.25, 0.3) is 10.9 Å². The highest BCUT2D eigenvalue weighted by Gasteiger charge is 2.20. The van der Waals surface area contributed by atoms with E-state index in [9.17, 15) is 0 Å². The summed E-state index contributed by atoms with van der Waals surface area (Å²) >= 11 is 6.16. The second-order valence-corrected chi connectivity index (χ2v) is 7.10. The molecule has 0 radical (unpaired) electrons. The number of halogens is 1. The summed E-state index contributed by atoms with van der Waals surface area (Å²) in [6, 6.07) is 15.6. The van der Waals surface area contributed by atoms with E-state index < -0.39 is 5.60 Å². The highest BCUT2D eigenvalue weighted by atomic mass is 35.5. The Morgan fingerprint density at radius 2 is 1.88 bits per heavy atom. The molecule has 0 bridgehead atoms. The highest BCUT2D eigenvalue weighted by molar-refractivity contribution is 6.30. The molecule has 1 aromatic heterocycles. The maximum atomic E-state index is 6.16. The van der Waals surface area contributed by atoms with Crippen molar-refractivity contribution < 1.29 is 4.74 Å². The average Bonchev–Trinajstić information content (AvgIpc) is 2.57. The molecule has 5 heteroatoms. The molecule has 0 aliphatic carbocycles. The fourth-order valence-corrected chi connectivity index (χ4v) is 2.74. The van der Waals surface area contributed by atoms with E-state index in [4.69, 9.17) is 22.1 Å². The number of hydrogen-bond donors (Lipinski definition) is 2. The van der Waals surface area contributed by atoms with Crippen molar-refractivity contribution in [3.8, 4) is 5.75 Å². The van der Waals surface area contributed by atoms with E-state index >= 15 is 0 Å². The summed E-state index contributed by atoms with van der Waals surface area (Å²) in [7, 11) is 0. The van der Waals surface area contributed by atoms with Gasteiger partial charge in [0.15, 0.2) is 0 Å². The Kier molecular flexibility index (Phi) is 4.84. The van der Waals surface area contributed by atoms with E-state index in [-0.39, 0.29) is 0 Å². The molecular formula is C20H22ClN3O. The quantitative estimate of drug-likeness (QED) is 0.671. The zero-order valence-electron chi connectivity index (χ0n) is 14.6. The first-order valence-corrected chi connectivity index (χ1v) is 8.58. The summed E-state index contributed by atoms with van der Waals surface area (Å²) in [5.74, 6) is 0.668. The lowest BCUT2D eigenvalue weighted by Gasteiger charge is -2.26. The molecule has 3 rings (SSSR count). The topological polar surface area (TPSA) is 60.2 Å².